The van der Waals surface area contributed by atoms with Gasteiger partial charge in [-0.1, -0.05) is 18.9 Å². The first-order valence-electron chi connectivity index (χ1n) is 8.25. The Balaban J connectivity index is 1.62. The van der Waals surface area contributed by atoms with Crippen LogP contribution in [0.3, 0.4) is 0 Å². The highest BCUT2D eigenvalue weighted by Gasteiger charge is 2.31. The molecule has 0 bridgehead atoms. The molecule has 1 aromatic carbocycles. The summed E-state index contributed by atoms with van der Waals surface area (Å²) in [6, 6.07) is 3.86. The third kappa shape index (κ3) is 3.93. The van der Waals surface area contributed by atoms with Gasteiger partial charge in [0.25, 0.3) is 0 Å². The van der Waals surface area contributed by atoms with Crippen LogP contribution in [-0.4, -0.2) is 29.9 Å². The minimum absolute atomic E-state index is 0.216. The zero-order chi connectivity index (χ0) is 16.3. The van der Waals surface area contributed by atoms with Gasteiger partial charge in [0.15, 0.2) is 0 Å². The topological polar surface area (TPSA) is 70.6 Å². The van der Waals surface area contributed by atoms with Crippen molar-refractivity contribution < 1.29 is 19.0 Å². The quantitative estimate of drug-likeness (QED) is 0.801. The maximum atomic E-state index is 13.3. The molecule has 2 amide bonds. The van der Waals surface area contributed by atoms with Gasteiger partial charge in [-0.15, -0.1) is 0 Å². The Morgan fingerprint density at radius 1 is 1.35 bits per heavy atom. The molecule has 0 saturated heterocycles. The van der Waals surface area contributed by atoms with Crippen LogP contribution in [0, 0.1) is 5.82 Å². The van der Waals surface area contributed by atoms with E-state index in [4.69, 9.17) is 4.74 Å². The molecule has 6 heteroatoms. The van der Waals surface area contributed by atoms with Crippen LogP contribution in [0.4, 0.5) is 9.18 Å². The summed E-state index contributed by atoms with van der Waals surface area (Å²) in [5.41, 5.74) is 0.0175. The normalized spacial score (nSPS) is 22.6. The zero-order valence-corrected chi connectivity index (χ0v) is 13.1. The SMILES string of the molecule is O=C(NCC1(O)CCCC1)NC1CCCOc2cc(F)ccc21. The lowest BCUT2D eigenvalue weighted by atomic mass is 10.0. The van der Waals surface area contributed by atoms with Crippen molar-refractivity contribution >= 4 is 6.03 Å². The second-order valence-electron chi connectivity index (χ2n) is 6.48. The molecular weight excluding hydrogens is 299 g/mol. The summed E-state index contributed by atoms with van der Waals surface area (Å²) >= 11 is 0. The molecule has 2 aliphatic rings. The highest BCUT2D eigenvalue weighted by atomic mass is 19.1. The lowest BCUT2D eigenvalue weighted by molar-refractivity contribution is 0.0500. The number of nitrogens with one attached hydrogen (secondary N) is 2. The number of aliphatic hydroxyl groups is 1. The van der Waals surface area contributed by atoms with Gasteiger partial charge in [0.05, 0.1) is 18.2 Å². The molecule has 1 aliphatic heterocycles. The first kappa shape index (κ1) is 16.1. The van der Waals surface area contributed by atoms with E-state index in [0.29, 0.717) is 12.4 Å². The van der Waals surface area contributed by atoms with Gasteiger partial charge < -0.3 is 20.5 Å². The number of halogens is 1. The van der Waals surface area contributed by atoms with Crippen molar-refractivity contribution in [3.05, 3.63) is 29.6 Å². The first-order chi connectivity index (χ1) is 11.1. The van der Waals surface area contributed by atoms with Crippen molar-refractivity contribution in [1.29, 1.82) is 0 Å². The van der Waals surface area contributed by atoms with Crippen molar-refractivity contribution in [3.63, 3.8) is 0 Å². The number of carbonyl (C=O) groups is 1. The summed E-state index contributed by atoms with van der Waals surface area (Å²) < 4.78 is 18.9. The van der Waals surface area contributed by atoms with Gasteiger partial charge >= 0.3 is 6.03 Å². The van der Waals surface area contributed by atoms with Crippen LogP contribution in [-0.2, 0) is 0 Å². The number of fused-ring (bicyclic) bond motifs is 1. The average Bonchev–Trinajstić information content (AvgIpc) is 2.86. The predicted molar refractivity (Wildman–Crippen MR) is 83.8 cm³/mol. The van der Waals surface area contributed by atoms with E-state index in [2.05, 4.69) is 10.6 Å². The van der Waals surface area contributed by atoms with Gasteiger partial charge in [-0.25, -0.2) is 9.18 Å². The fourth-order valence-corrected chi connectivity index (χ4v) is 3.36. The molecule has 3 rings (SSSR count). The highest BCUT2D eigenvalue weighted by Crippen LogP contribution is 2.32. The molecule has 1 fully saturated rings. The Kier molecular flexibility index (Phi) is 4.71. The largest absolute Gasteiger partial charge is 0.493 e. The summed E-state index contributed by atoms with van der Waals surface area (Å²) in [5, 5.41) is 15.9. The molecule has 126 valence electrons. The monoisotopic (exact) mass is 322 g/mol. The van der Waals surface area contributed by atoms with Gasteiger partial charge in [0.1, 0.15) is 11.6 Å². The molecule has 5 nitrogen and oxygen atoms in total. The van der Waals surface area contributed by atoms with Crippen molar-refractivity contribution in [2.45, 2.75) is 50.2 Å². The summed E-state index contributed by atoms with van der Waals surface area (Å²) in [5.74, 6) is 0.138. The maximum Gasteiger partial charge on any atom is 0.315 e. The van der Waals surface area contributed by atoms with E-state index in [-0.39, 0.29) is 24.4 Å². The second kappa shape index (κ2) is 6.74. The summed E-state index contributed by atoms with van der Waals surface area (Å²) in [4.78, 5) is 12.2. The molecule has 23 heavy (non-hydrogen) atoms. The number of ether oxygens (including phenoxy) is 1. The third-order valence-electron chi connectivity index (χ3n) is 4.66. The van der Waals surface area contributed by atoms with Gasteiger partial charge in [-0.2, -0.15) is 0 Å². The van der Waals surface area contributed by atoms with E-state index in [1.807, 2.05) is 0 Å². The van der Waals surface area contributed by atoms with E-state index >= 15 is 0 Å². The highest BCUT2D eigenvalue weighted by molar-refractivity contribution is 5.74. The Bertz CT molecular complexity index is 573. The van der Waals surface area contributed by atoms with Crippen LogP contribution in [0.15, 0.2) is 18.2 Å². The standard InChI is InChI=1S/C17H23FN2O3/c18-12-5-6-13-14(4-3-9-23-15(13)10-12)20-16(21)19-11-17(22)7-1-2-8-17/h5-6,10,14,22H,1-4,7-9,11H2,(H2,19,20,21). The number of amides is 2. The van der Waals surface area contributed by atoms with Crippen LogP contribution in [0.1, 0.15) is 50.1 Å². The molecule has 1 heterocycles. The fraction of sp³-hybridized carbons (Fsp3) is 0.588. The number of urea groups is 1. The Labute approximate surface area is 135 Å². The molecule has 1 saturated carbocycles. The van der Waals surface area contributed by atoms with Gasteiger partial charge in [-0.3, -0.25) is 0 Å². The lowest BCUT2D eigenvalue weighted by Gasteiger charge is -2.24. The van der Waals surface area contributed by atoms with Crippen LogP contribution in [0.2, 0.25) is 0 Å². The van der Waals surface area contributed by atoms with Gasteiger partial charge in [0, 0.05) is 18.2 Å². The van der Waals surface area contributed by atoms with Crippen LogP contribution >= 0.6 is 0 Å². The maximum absolute atomic E-state index is 13.3. The van der Waals surface area contributed by atoms with E-state index in [9.17, 15) is 14.3 Å². The van der Waals surface area contributed by atoms with Crippen molar-refractivity contribution in [1.82, 2.24) is 10.6 Å². The zero-order valence-electron chi connectivity index (χ0n) is 13.1. The molecule has 1 aromatic rings. The Morgan fingerprint density at radius 3 is 2.91 bits per heavy atom. The number of hydrogen-bond donors (Lipinski definition) is 3. The minimum Gasteiger partial charge on any atom is -0.493 e. The molecule has 3 N–H and O–H groups in total. The summed E-state index contributed by atoms with van der Waals surface area (Å²) in [6.07, 6.45) is 4.97. The van der Waals surface area contributed by atoms with E-state index in [1.54, 1.807) is 6.07 Å². The molecule has 0 radical (unpaired) electrons. The number of rotatable bonds is 3. The van der Waals surface area contributed by atoms with E-state index in [0.717, 1.165) is 44.1 Å². The molecule has 1 atom stereocenters. The molecule has 0 aromatic heterocycles. The van der Waals surface area contributed by atoms with Crippen molar-refractivity contribution in [3.8, 4) is 5.75 Å². The van der Waals surface area contributed by atoms with Crippen molar-refractivity contribution in [2.75, 3.05) is 13.2 Å². The van der Waals surface area contributed by atoms with Crippen LogP contribution in [0.5, 0.6) is 5.75 Å². The molecule has 1 aliphatic carbocycles. The van der Waals surface area contributed by atoms with E-state index in [1.165, 1.54) is 12.1 Å². The van der Waals surface area contributed by atoms with E-state index < -0.39 is 5.60 Å². The number of benzene rings is 1. The Hall–Kier alpha value is -1.82. The smallest absolute Gasteiger partial charge is 0.315 e. The van der Waals surface area contributed by atoms with Crippen molar-refractivity contribution in [2.24, 2.45) is 0 Å². The second-order valence-corrected chi connectivity index (χ2v) is 6.48. The van der Waals surface area contributed by atoms with Crippen LogP contribution in [0.25, 0.3) is 0 Å². The number of hydrogen-bond acceptors (Lipinski definition) is 3. The fourth-order valence-electron chi connectivity index (χ4n) is 3.36. The predicted octanol–water partition coefficient (Wildman–Crippen LogP) is 2.64. The third-order valence-corrected chi connectivity index (χ3v) is 4.66. The summed E-state index contributed by atoms with van der Waals surface area (Å²) in [7, 11) is 0. The average molecular weight is 322 g/mol. The lowest BCUT2D eigenvalue weighted by Crippen LogP contribution is -2.45. The minimum atomic E-state index is -0.773. The molecule has 0 spiro atoms. The molecular formula is C17H23FN2O3. The first-order valence-corrected chi connectivity index (χ1v) is 8.25. The van der Waals surface area contributed by atoms with Crippen LogP contribution < -0.4 is 15.4 Å². The Morgan fingerprint density at radius 2 is 2.13 bits per heavy atom. The summed E-state index contributed by atoms with van der Waals surface area (Å²) in [6.45, 7) is 0.772. The molecule has 1 unspecified atom stereocenters. The van der Waals surface area contributed by atoms with Gasteiger partial charge in [-0.05, 0) is 31.7 Å². The van der Waals surface area contributed by atoms with Gasteiger partial charge in [0.2, 0.25) is 0 Å². The number of carbonyl (C=O) groups excluding carboxylic acids is 1.